The zero-order chi connectivity index (χ0) is 27.8. The number of piperidine rings is 1. The largest absolute Gasteiger partial charge is 0.477 e. The van der Waals surface area contributed by atoms with Crippen molar-refractivity contribution in [2.45, 2.75) is 44.8 Å². The van der Waals surface area contributed by atoms with Crippen LogP contribution in [0.5, 0.6) is 0 Å². The molecule has 2 aliphatic heterocycles. The summed E-state index contributed by atoms with van der Waals surface area (Å²) in [4.78, 5) is 40.8. The number of hydrogen-bond donors (Lipinski definition) is 1. The molecule has 0 saturated carbocycles. The normalized spacial score (nSPS) is 17.8. The number of halogens is 2. The summed E-state index contributed by atoms with van der Waals surface area (Å²) in [5.41, 5.74) is 1.74. The Morgan fingerprint density at radius 2 is 1.95 bits per heavy atom. The van der Waals surface area contributed by atoms with Crippen LogP contribution in [0.3, 0.4) is 0 Å². The Balaban J connectivity index is 1.10. The summed E-state index contributed by atoms with van der Waals surface area (Å²) in [5, 5.41) is 10.2. The summed E-state index contributed by atoms with van der Waals surface area (Å²) in [7, 11) is 0. The van der Waals surface area contributed by atoms with Gasteiger partial charge in [0.1, 0.15) is 17.2 Å². The molecule has 0 bridgehead atoms. The van der Waals surface area contributed by atoms with Gasteiger partial charge in [-0.3, -0.25) is 4.79 Å². The average molecular weight is 584 g/mol. The number of rotatable bonds is 8. The number of amides is 1. The fourth-order valence-corrected chi connectivity index (χ4v) is 6.28. The SMILES string of the molecule is O=C(O)c1ccc2nc(CC3CCN(C(=O)c4ncc(Cc5ccc(Cl)cc5F)s4)CC3)n(C[C@@H]3CCO3)c2n1. The van der Waals surface area contributed by atoms with Crippen molar-refractivity contribution in [3.8, 4) is 0 Å². The molecule has 5 heterocycles. The Morgan fingerprint density at radius 1 is 1.15 bits per heavy atom. The number of carbonyl (C=O) groups is 2. The molecule has 1 aromatic carbocycles. The van der Waals surface area contributed by atoms with Gasteiger partial charge in [-0.1, -0.05) is 17.7 Å². The molecule has 6 rings (SSSR count). The fraction of sp³-hybridized carbons (Fsp3) is 0.393. The molecule has 9 nitrogen and oxygen atoms in total. The number of thiazole rings is 1. The lowest BCUT2D eigenvalue weighted by Gasteiger charge is -2.32. The van der Waals surface area contributed by atoms with E-state index in [0.717, 1.165) is 36.6 Å². The predicted molar refractivity (Wildman–Crippen MR) is 148 cm³/mol. The first kappa shape index (κ1) is 26.8. The number of nitrogens with zero attached hydrogens (tertiary/aromatic N) is 5. The van der Waals surface area contributed by atoms with Gasteiger partial charge in [0.15, 0.2) is 16.3 Å². The van der Waals surface area contributed by atoms with Gasteiger partial charge in [0, 0.05) is 48.6 Å². The number of carboxylic acids is 1. The highest BCUT2D eigenvalue weighted by Crippen LogP contribution is 2.28. The van der Waals surface area contributed by atoms with Crippen molar-refractivity contribution < 1.29 is 23.8 Å². The number of imidazole rings is 1. The van der Waals surface area contributed by atoms with Crippen LogP contribution in [-0.4, -0.2) is 67.2 Å². The third-order valence-electron chi connectivity index (χ3n) is 7.56. The lowest BCUT2D eigenvalue weighted by molar-refractivity contribution is -0.0591. The molecule has 1 N–H and O–H groups in total. The van der Waals surface area contributed by atoms with Crippen LogP contribution in [0.4, 0.5) is 4.39 Å². The number of ether oxygens (including phenoxy) is 1. The highest BCUT2D eigenvalue weighted by Gasteiger charge is 2.28. The van der Waals surface area contributed by atoms with E-state index >= 15 is 0 Å². The minimum atomic E-state index is -1.07. The first-order chi connectivity index (χ1) is 19.3. The number of fused-ring (bicyclic) bond motifs is 1. The smallest absolute Gasteiger partial charge is 0.354 e. The molecule has 12 heteroatoms. The predicted octanol–water partition coefficient (Wildman–Crippen LogP) is 4.85. The Hall–Kier alpha value is -3.41. The van der Waals surface area contributed by atoms with Gasteiger partial charge in [-0.2, -0.15) is 0 Å². The third kappa shape index (κ3) is 5.59. The number of pyridine rings is 1. The van der Waals surface area contributed by atoms with Crippen LogP contribution >= 0.6 is 22.9 Å². The number of carboxylic acid groups (broad SMARTS) is 1. The molecule has 2 saturated heterocycles. The van der Waals surface area contributed by atoms with E-state index < -0.39 is 5.97 Å². The molecular formula is C28H27ClFN5O4S. The van der Waals surface area contributed by atoms with Crippen molar-refractivity contribution >= 4 is 46.0 Å². The van der Waals surface area contributed by atoms with Crippen LogP contribution in [0.2, 0.25) is 5.02 Å². The van der Waals surface area contributed by atoms with E-state index in [2.05, 4.69) is 9.97 Å². The van der Waals surface area contributed by atoms with Crippen LogP contribution < -0.4 is 0 Å². The minimum absolute atomic E-state index is 0.00908. The second kappa shape index (κ2) is 11.2. The number of hydrogen-bond acceptors (Lipinski definition) is 7. The minimum Gasteiger partial charge on any atom is -0.477 e. The Kier molecular flexibility index (Phi) is 7.52. The van der Waals surface area contributed by atoms with Crippen molar-refractivity contribution in [2.75, 3.05) is 19.7 Å². The van der Waals surface area contributed by atoms with E-state index in [4.69, 9.17) is 21.3 Å². The summed E-state index contributed by atoms with van der Waals surface area (Å²) >= 11 is 7.14. The molecule has 0 unspecified atom stereocenters. The highest BCUT2D eigenvalue weighted by molar-refractivity contribution is 7.13. The van der Waals surface area contributed by atoms with Gasteiger partial charge in [0.25, 0.3) is 5.91 Å². The lowest BCUT2D eigenvalue weighted by atomic mass is 9.93. The van der Waals surface area contributed by atoms with Gasteiger partial charge in [-0.15, -0.1) is 11.3 Å². The number of likely N-dealkylation sites (tertiary alicyclic amines) is 1. The average Bonchev–Trinajstić information content (AvgIpc) is 3.52. The second-order valence-corrected chi connectivity index (χ2v) is 11.8. The zero-order valence-electron chi connectivity index (χ0n) is 21.6. The maximum Gasteiger partial charge on any atom is 0.354 e. The summed E-state index contributed by atoms with van der Waals surface area (Å²) in [5.74, 6) is -0.365. The Labute approximate surface area is 238 Å². The van der Waals surface area contributed by atoms with E-state index in [-0.39, 0.29) is 23.5 Å². The Morgan fingerprint density at radius 3 is 2.65 bits per heavy atom. The molecule has 3 aromatic heterocycles. The van der Waals surface area contributed by atoms with E-state index in [1.807, 2.05) is 9.47 Å². The van der Waals surface area contributed by atoms with Crippen LogP contribution in [0, 0.1) is 11.7 Å². The van der Waals surface area contributed by atoms with Gasteiger partial charge in [-0.25, -0.2) is 24.1 Å². The highest BCUT2D eigenvalue weighted by atomic mass is 35.5. The van der Waals surface area contributed by atoms with Gasteiger partial charge in [-0.05, 0) is 55.0 Å². The summed E-state index contributed by atoms with van der Waals surface area (Å²) in [6.07, 6.45) is 5.36. The first-order valence-electron chi connectivity index (χ1n) is 13.2. The van der Waals surface area contributed by atoms with Crippen LogP contribution in [0.15, 0.2) is 36.5 Å². The first-order valence-corrected chi connectivity index (χ1v) is 14.4. The molecule has 0 spiro atoms. The van der Waals surface area contributed by atoms with Crippen molar-refractivity contribution in [3.05, 3.63) is 74.3 Å². The maximum absolute atomic E-state index is 14.2. The Bertz CT molecular complexity index is 1580. The molecule has 4 aromatic rings. The molecular weight excluding hydrogens is 557 g/mol. The van der Waals surface area contributed by atoms with Gasteiger partial charge >= 0.3 is 5.97 Å². The molecule has 2 fully saturated rings. The summed E-state index contributed by atoms with van der Waals surface area (Å²) in [6.45, 7) is 2.53. The van der Waals surface area contributed by atoms with Crippen LogP contribution in [-0.2, 0) is 24.1 Å². The lowest BCUT2D eigenvalue weighted by Crippen LogP contribution is -2.39. The van der Waals surface area contributed by atoms with E-state index in [1.165, 1.54) is 23.5 Å². The summed E-state index contributed by atoms with van der Waals surface area (Å²) < 4.78 is 21.8. The second-order valence-electron chi connectivity index (χ2n) is 10.2. The molecule has 1 amide bonds. The van der Waals surface area contributed by atoms with E-state index in [0.29, 0.717) is 65.2 Å². The topological polar surface area (TPSA) is 110 Å². The monoisotopic (exact) mass is 583 g/mol. The van der Waals surface area contributed by atoms with Crippen LogP contribution in [0.1, 0.15) is 55.8 Å². The molecule has 0 aliphatic carbocycles. The van der Waals surface area contributed by atoms with E-state index in [1.54, 1.807) is 24.4 Å². The maximum atomic E-state index is 14.2. The van der Waals surface area contributed by atoms with Crippen molar-refractivity contribution in [3.63, 3.8) is 0 Å². The number of benzene rings is 1. The zero-order valence-corrected chi connectivity index (χ0v) is 23.1. The number of aromatic carboxylic acids is 1. The molecule has 40 heavy (non-hydrogen) atoms. The molecule has 0 radical (unpaired) electrons. The fourth-order valence-electron chi connectivity index (χ4n) is 5.22. The number of carbonyl (C=O) groups excluding carboxylic acids is 1. The quantitative estimate of drug-likeness (QED) is 0.316. The number of aromatic nitrogens is 4. The van der Waals surface area contributed by atoms with Crippen molar-refractivity contribution in [1.82, 2.24) is 24.4 Å². The van der Waals surface area contributed by atoms with Gasteiger partial charge in [0.2, 0.25) is 0 Å². The van der Waals surface area contributed by atoms with Crippen molar-refractivity contribution in [2.24, 2.45) is 5.92 Å². The molecule has 208 valence electrons. The summed E-state index contributed by atoms with van der Waals surface area (Å²) in [6, 6.07) is 7.77. The third-order valence-corrected chi connectivity index (χ3v) is 8.78. The van der Waals surface area contributed by atoms with Crippen LogP contribution in [0.25, 0.3) is 11.2 Å². The van der Waals surface area contributed by atoms with E-state index in [9.17, 15) is 19.1 Å². The molecule has 2 aliphatic rings. The standard InChI is InChI=1S/C28H27ClFN5O4S/c29-18-2-1-17(21(30)13-18)12-20-14-31-26(40-20)27(36)34-8-5-16(6-9-34)11-24-32-22-3-4-23(28(37)38)33-25(22)35(24)15-19-7-10-39-19/h1-4,13-14,16,19H,5-12,15H2,(H,37,38)/t19-/m0/s1. The molecule has 1 atom stereocenters. The van der Waals surface area contributed by atoms with Gasteiger partial charge in [0.05, 0.1) is 12.6 Å². The van der Waals surface area contributed by atoms with Gasteiger partial charge < -0.3 is 19.3 Å². The van der Waals surface area contributed by atoms with Crippen molar-refractivity contribution in [1.29, 1.82) is 0 Å².